The zero-order valence-corrected chi connectivity index (χ0v) is 12.1. The van der Waals surface area contributed by atoms with E-state index in [-0.39, 0.29) is 17.5 Å². The fraction of sp³-hybridized carbons (Fsp3) is 0.533. The number of carbonyl (C=O) groups excluding carboxylic acids is 1. The molecule has 0 heterocycles. The molecule has 0 radical (unpaired) electrons. The van der Waals surface area contributed by atoms with Crippen molar-refractivity contribution in [2.24, 2.45) is 5.41 Å². The number of anilines is 1. The van der Waals surface area contributed by atoms with Crippen LogP contribution in [0.15, 0.2) is 24.3 Å². The van der Waals surface area contributed by atoms with E-state index >= 15 is 0 Å². The fourth-order valence-corrected chi connectivity index (χ4v) is 2.09. The van der Waals surface area contributed by atoms with Gasteiger partial charge in [0.25, 0.3) is 0 Å². The van der Waals surface area contributed by atoms with Gasteiger partial charge in [-0.25, -0.2) is 4.79 Å². The van der Waals surface area contributed by atoms with Crippen LogP contribution in [0.3, 0.4) is 0 Å². The standard InChI is InChI=1S/C15H23N3O/c1-10(16-4)11-6-5-7-12(8-11)17-14(19)18-13-9-15(13,2)3/h5-8,10,13,16H,9H2,1-4H3,(H2,17,18,19). The van der Waals surface area contributed by atoms with Crippen LogP contribution in [0.4, 0.5) is 10.5 Å². The third-order valence-electron chi connectivity index (χ3n) is 3.90. The first kappa shape index (κ1) is 13.9. The van der Waals surface area contributed by atoms with Gasteiger partial charge in [-0.15, -0.1) is 0 Å². The molecule has 1 saturated carbocycles. The SMILES string of the molecule is CNC(C)c1cccc(NC(=O)NC2CC2(C)C)c1. The molecule has 2 amide bonds. The Morgan fingerprint density at radius 3 is 2.68 bits per heavy atom. The lowest BCUT2D eigenvalue weighted by Gasteiger charge is -2.13. The molecule has 3 N–H and O–H groups in total. The summed E-state index contributed by atoms with van der Waals surface area (Å²) in [5.41, 5.74) is 2.24. The molecule has 1 aliphatic carbocycles. The monoisotopic (exact) mass is 261 g/mol. The summed E-state index contributed by atoms with van der Waals surface area (Å²) in [4.78, 5) is 11.9. The smallest absolute Gasteiger partial charge is 0.319 e. The molecular weight excluding hydrogens is 238 g/mol. The van der Waals surface area contributed by atoms with Crippen molar-refractivity contribution in [1.29, 1.82) is 0 Å². The highest BCUT2D eigenvalue weighted by atomic mass is 16.2. The predicted octanol–water partition coefficient (Wildman–Crippen LogP) is 2.89. The van der Waals surface area contributed by atoms with E-state index < -0.39 is 0 Å². The first-order valence-electron chi connectivity index (χ1n) is 6.77. The third-order valence-corrected chi connectivity index (χ3v) is 3.90. The molecule has 19 heavy (non-hydrogen) atoms. The zero-order valence-electron chi connectivity index (χ0n) is 12.1. The maximum atomic E-state index is 11.9. The number of benzene rings is 1. The molecular formula is C15H23N3O. The summed E-state index contributed by atoms with van der Waals surface area (Å²) >= 11 is 0. The lowest BCUT2D eigenvalue weighted by atomic mass is 10.1. The molecule has 2 atom stereocenters. The summed E-state index contributed by atoms with van der Waals surface area (Å²) in [6.07, 6.45) is 1.05. The molecule has 0 saturated heterocycles. The van der Waals surface area contributed by atoms with Crippen LogP contribution in [-0.4, -0.2) is 19.1 Å². The van der Waals surface area contributed by atoms with E-state index in [4.69, 9.17) is 0 Å². The Morgan fingerprint density at radius 2 is 2.11 bits per heavy atom. The Labute approximate surface area is 115 Å². The third kappa shape index (κ3) is 3.47. The second kappa shape index (κ2) is 5.21. The topological polar surface area (TPSA) is 53.2 Å². The Bertz CT molecular complexity index is 470. The predicted molar refractivity (Wildman–Crippen MR) is 78.3 cm³/mol. The van der Waals surface area contributed by atoms with Crippen molar-refractivity contribution in [2.75, 3.05) is 12.4 Å². The van der Waals surface area contributed by atoms with Crippen LogP contribution in [0, 0.1) is 5.41 Å². The van der Waals surface area contributed by atoms with Crippen molar-refractivity contribution in [3.05, 3.63) is 29.8 Å². The highest BCUT2D eigenvalue weighted by Crippen LogP contribution is 2.44. The number of nitrogens with one attached hydrogen (secondary N) is 3. The van der Waals surface area contributed by atoms with Crippen LogP contribution in [0.2, 0.25) is 0 Å². The van der Waals surface area contributed by atoms with Crippen LogP contribution < -0.4 is 16.0 Å². The molecule has 1 aromatic rings. The Hall–Kier alpha value is -1.55. The summed E-state index contributed by atoms with van der Waals surface area (Å²) in [6.45, 7) is 6.41. The largest absolute Gasteiger partial charge is 0.335 e. The van der Waals surface area contributed by atoms with Gasteiger partial charge in [0, 0.05) is 17.8 Å². The minimum Gasteiger partial charge on any atom is -0.335 e. The van der Waals surface area contributed by atoms with Crippen LogP contribution in [-0.2, 0) is 0 Å². The molecule has 1 fully saturated rings. The Morgan fingerprint density at radius 1 is 1.42 bits per heavy atom. The number of rotatable bonds is 4. The zero-order chi connectivity index (χ0) is 14.0. The summed E-state index contributed by atoms with van der Waals surface area (Å²) in [5.74, 6) is 0. The fourth-order valence-electron chi connectivity index (χ4n) is 2.09. The average Bonchev–Trinajstić information content (AvgIpc) is 2.95. The lowest BCUT2D eigenvalue weighted by Crippen LogP contribution is -2.32. The van der Waals surface area contributed by atoms with Gasteiger partial charge in [-0.2, -0.15) is 0 Å². The number of urea groups is 1. The average molecular weight is 261 g/mol. The van der Waals surface area contributed by atoms with Gasteiger partial charge >= 0.3 is 6.03 Å². The van der Waals surface area contributed by atoms with Crippen LogP contribution in [0.5, 0.6) is 0 Å². The van der Waals surface area contributed by atoms with E-state index in [0.717, 1.165) is 17.7 Å². The molecule has 4 nitrogen and oxygen atoms in total. The highest BCUT2D eigenvalue weighted by molar-refractivity contribution is 5.89. The summed E-state index contributed by atoms with van der Waals surface area (Å²) < 4.78 is 0. The van der Waals surface area contributed by atoms with Crippen molar-refractivity contribution >= 4 is 11.7 Å². The van der Waals surface area contributed by atoms with Crippen LogP contribution in [0.1, 0.15) is 38.8 Å². The van der Waals surface area contributed by atoms with E-state index in [0.29, 0.717) is 6.04 Å². The maximum Gasteiger partial charge on any atom is 0.319 e. The van der Waals surface area contributed by atoms with Gasteiger partial charge in [-0.3, -0.25) is 0 Å². The Balaban J connectivity index is 1.93. The van der Waals surface area contributed by atoms with E-state index in [1.165, 1.54) is 0 Å². The molecule has 0 bridgehead atoms. The van der Waals surface area contributed by atoms with Gasteiger partial charge in [0.05, 0.1) is 0 Å². The van der Waals surface area contributed by atoms with E-state index in [2.05, 4.69) is 36.7 Å². The normalized spacial score (nSPS) is 21.6. The van der Waals surface area contributed by atoms with Crippen molar-refractivity contribution in [3.63, 3.8) is 0 Å². The molecule has 104 valence electrons. The number of hydrogen-bond donors (Lipinski definition) is 3. The minimum atomic E-state index is -0.121. The molecule has 0 aromatic heterocycles. The van der Waals surface area contributed by atoms with Gasteiger partial charge in [0.1, 0.15) is 0 Å². The maximum absolute atomic E-state index is 11.9. The van der Waals surface area contributed by atoms with E-state index in [9.17, 15) is 4.79 Å². The quantitative estimate of drug-likeness (QED) is 0.780. The van der Waals surface area contributed by atoms with Crippen LogP contribution >= 0.6 is 0 Å². The molecule has 0 spiro atoms. The summed E-state index contributed by atoms with van der Waals surface area (Å²) in [7, 11) is 1.92. The summed E-state index contributed by atoms with van der Waals surface area (Å²) in [6, 6.07) is 8.36. The number of carbonyl (C=O) groups is 1. The summed E-state index contributed by atoms with van der Waals surface area (Å²) in [5, 5.41) is 9.07. The van der Waals surface area contributed by atoms with Crippen molar-refractivity contribution in [1.82, 2.24) is 10.6 Å². The molecule has 0 aliphatic heterocycles. The van der Waals surface area contributed by atoms with Gasteiger partial charge in [-0.05, 0) is 43.5 Å². The molecule has 1 aliphatic rings. The van der Waals surface area contributed by atoms with Gasteiger partial charge in [0.2, 0.25) is 0 Å². The number of hydrogen-bond acceptors (Lipinski definition) is 2. The second-order valence-electron chi connectivity index (χ2n) is 5.98. The molecule has 2 rings (SSSR count). The lowest BCUT2D eigenvalue weighted by molar-refractivity contribution is 0.250. The van der Waals surface area contributed by atoms with Crippen molar-refractivity contribution in [2.45, 2.75) is 39.3 Å². The van der Waals surface area contributed by atoms with Crippen LogP contribution in [0.25, 0.3) is 0 Å². The Kier molecular flexibility index (Phi) is 3.80. The van der Waals surface area contributed by atoms with E-state index in [1.54, 1.807) is 0 Å². The first-order valence-corrected chi connectivity index (χ1v) is 6.77. The first-order chi connectivity index (χ1) is 8.92. The van der Waals surface area contributed by atoms with Gasteiger partial charge in [0.15, 0.2) is 0 Å². The van der Waals surface area contributed by atoms with Gasteiger partial charge < -0.3 is 16.0 Å². The van der Waals surface area contributed by atoms with Crippen molar-refractivity contribution < 1.29 is 4.79 Å². The molecule has 4 heteroatoms. The minimum absolute atomic E-state index is 0.121. The molecule has 1 aromatic carbocycles. The second-order valence-corrected chi connectivity index (χ2v) is 5.98. The van der Waals surface area contributed by atoms with Gasteiger partial charge in [-0.1, -0.05) is 26.0 Å². The van der Waals surface area contributed by atoms with Crippen molar-refractivity contribution in [3.8, 4) is 0 Å². The molecule has 2 unspecified atom stereocenters. The highest BCUT2D eigenvalue weighted by Gasteiger charge is 2.46. The number of amides is 2. The van der Waals surface area contributed by atoms with E-state index in [1.807, 2.05) is 31.3 Å².